The molecule has 0 aliphatic heterocycles. The van der Waals surface area contributed by atoms with Gasteiger partial charge in [0.1, 0.15) is 0 Å². The van der Waals surface area contributed by atoms with Crippen LogP contribution in [0.4, 0.5) is 5.69 Å². The van der Waals surface area contributed by atoms with E-state index < -0.39 is 0 Å². The van der Waals surface area contributed by atoms with Gasteiger partial charge in [0, 0.05) is 29.2 Å². The Balaban J connectivity index is 2.01. The van der Waals surface area contributed by atoms with E-state index in [0.717, 1.165) is 22.8 Å². The van der Waals surface area contributed by atoms with Crippen molar-refractivity contribution in [2.24, 2.45) is 0 Å². The molecule has 2 nitrogen and oxygen atoms in total. The first-order valence-electron chi connectivity index (χ1n) is 6.91. The number of thioether (sulfide) groups is 1. The van der Waals surface area contributed by atoms with E-state index in [1.807, 2.05) is 37.1 Å². The van der Waals surface area contributed by atoms with Gasteiger partial charge in [0.25, 0.3) is 0 Å². The number of hydrogen-bond donors (Lipinski definition) is 1. The van der Waals surface area contributed by atoms with Gasteiger partial charge in [0.15, 0.2) is 5.11 Å². The Labute approximate surface area is 146 Å². The smallest absolute Gasteiger partial charge is 0.173 e. The van der Waals surface area contributed by atoms with Gasteiger partial charge in [-0.25, -0.2) is 0 Å². The van der Waals surface area contributed by atoms with E-state index in [2.05, 4.69) is 35.8 Å². The van der Waals surface area contributed by atoms with Crippen LogP contribution in [0.15, 0.2) is 47.4 Å². The molecule has 2 aromatic carbocycles. The molecule has 0 saturated heterocycles. The van der Waals surface area contributed by atoms with Gasteiger partial charge in [0.2, 0.25) is 0 Å². The number of nitrogens with zero attached hydrogens (tertiary/aromatic N) is 1. The Morgan fingerprint density at radius 1 is 1.23 bits per heavy atom. The molecule has 0 aliphatic rings. The lowest BCUT2D eigenvalue weighted by molar-refractivity contribution is 0.508. The maximum Gasteiger partial charge on any atom is 0.173 e. The second kappa shape index (κ2) is 7.86. The molecule has 0 unspecified atom stereocenters. The molecule has 1 N–H and O–H groups in total. The highest BCUT2D eigenvalue weighted by Crippen LogP contribution is 2.23. The summed E-state index contributed by atoms with van der Waals surface area (Å²) in [6.45, 7) is 2.74. The predicted molar refractivity (Wildman–Crippen MR) is 102 cm³/mol. The summed E-state index contributed by atoms with van der Waals surface area (Å²) in [5.74, 6) is 0. The second-order valence-electron chi connectivity index (χ2n) is 5.05. The summed E-state index contributed by atoms with van der Waals surface area (Å²) in [6, 6.07) is 14.3. The molecule has 0 spiro atoms. The Morgan fingerprint density at radius 3 is 2.55 bits per heavy atom. The van der Waals surface area contributed by atoms with Crippen molar-refractivity contribution in [2.75, 3.05) is 18.6 Å². The van der Waals surface area contributed by atoms with E-state index in [-0.39, 0.29) is 0 Å². The molecule has 22 heavy (non-hydrogen) atoms. The third-order valence-corrected chi connectivity index (χ3v) is 5.00. The van der Waals surface area contributed by atoms with Crippen molar-refractivity contribution >= 4 is 46.4 Å². The SMILES string of the molecule is CSc1ccc(CN(C)C(=S)Nc2cccc(Cl)c2C)cc1. The van der Waals surface area contributed by atoms with Gasteiger partial charge in [-0.2, -0.15) is 0 Å². The number of nitrogens with one attached hydrogen (secondary N) is 1. The fraction of sp³-hybridized carbons (Fsp3) is 0.235. The van der Waals surface area contributed by atoms with Crippen molar-refractivity contribution in [1.29, 1.82) is 0 Å². The second-order valence-corrected chi connectivity index (χ2v) is 6.72. The van der Waals surface area contributed by atoms with E-state index in [1.165, 1.54) is 10.5 Å². The number of hydrogen-bond acceptors (Lipinski definition) is 2. The highest BCUT2D eigenvalue weighted by atomic mass is 35.5. The van der Waals surface area contributed by atoms with Gasteiger partial charge >= 0.3 is 0 Å². The van der Waals surface area contributed by atoms with Crippen molar-refractivity contribution in [1.82, 2.24) is 4.90 Å². The summed E-state index contributed by atoms with van der Waals surface area (Å²) < 4.78 is 0. The number of halogens is 1. The van der Waals surface area contributed by atoms with Crippen LogP contribution in [0.2, 0.25) is 5.02 Å². The first-order valence-corrected chi connectivity index (χ1v) is 8.92. The van der Waals surface area contributed by atoms with Gasteiger partial charge in [-0.3, -0.25) is 0 Å². The monoisotopic (exact) mass is 350 g/mol. The lowest BCUT2D eigenvalue weighted by atomic mass is 10.2. The minimum absolute atomic E-state index is 0.680. The zero-order valence-corrected chi connectivity index (χ0v) is 15.3. The molecule has 0 saturated carbocycles. The summed E-state index contributed by atoms with van der Waals surface area (Å²) >= 11 is 13.4. The van der Waals surface area contributed by atoms with Crippen molar-refractivity contribution in [3.8, 4) is 0 Å². The summed E-state index contributed by atoms with van der Waals surface area (Å²) in [5, 5.41) is 4.68. The molecule has 5 heteroatoms. The summed E-state index contributed by atoms with van der Waals surface area (Å²) in [4.78, 5) is 3.28. The van der Waals surface area contributed by atoms with Crippen molar-refractivity contribution < 1.29 is 0 Å². The lowest BCUT2D eigenvalue weighted by Crippen LogP contribution is -2.30. The van der Waals surface area contributed by atoms with E-state index in [1.54, 1.807) is 11.8 Å². The summed E-state index contributed by atoms with van der Waals surface area (Å²) in [7, 11) is 1.98. The van der Waals surface area contributed by atoms with Gasteiger partial charge in [-0.1, -0.05) is 29.8 Å². The molecule has 0 amide bonds. The van der Waals surface area contributed by atoms with Crippen molar-refractivity contribution in [3.63, 3.8) is 0 Å². The first kappa shape index (κ1) is 17.1. The van der Waals surface area contributed by atoms with Crippen LogP contribution in [-0.2, 0) is 6.54 Å². The lowest BCUT2D eigenvalue weighted by Gasteiger charge is -2.22. The van der Waals surface area contributed by atoms with Crippen LogP contribution < -0.4 is 5.32 Å². The van der Waals surface area contributed by atoms with Crippen LogP contribution in [0, 0.1) is 6.92 Å². The van der Waals surface area contributed by atoms with Gasteiger partial charge in [0.05, 0.1) is 0 Å². The molecule has 0 aromatic heterocycles. The molecular weight excluding hydrogens is 332 g/mol. The molecule has 0 fully saturated rings. The minimum Gasteiger partial charge on any atom is -0.348 e. The standard InChI is InChI=1S/C17H19ClN2S2/c1-12-15(18)5-4-6-16(12)19-17(21)20(2)11-13-7-9-14(22-3)10-8-13/h4-10H,11H2,1-3H3,(H,19,21). The predicted octanol–water partition coefficient (Wildman–Crippen LogP) is 5.20. The van der Waals surface area contributed by atoms with Gasteiger partial charge in [-0.15, -0.1) is 11.8 Å². The molecule has 0 radical (unpaired) electrons. The number of anilines is 1. The quantitative estimate of drug-likeness (QED) is 0.602. The molecule has 116 valence electrons. The van der Waals surface area contributed by atoms with Crippen LogP contribution in [0.1, 0.15) is 11.1 Å². The van der Waals surface area contributed by atoms with E-state index in [4.69, 9.17) is 23.8 Å². The van der Waals surface area contributed by atoms with Crippen LogP contribution in [0.25, 0.3) is 0 Å². The largest absolute Gasteiger partial charge is 0.348 e. The molecule has 0 atom stereocenters. The Bertz CT molecular complexity index is 656. The number of thiocarbonyl (C=S) groups is 1. The first-order chi connectivity index (χ1) is 10.5. The number of rotatable bonds is 4. The Kier molecular flexibility index (Phi) is 6.12. The van der Waals surface area contributed by atoms with Crippen LogP contribution in [-0.4, -0.2) is 23.3 Å². The maximum absolute atomic E-state index is 6.14. The van der Waals surface area contributed by atoms with E-state index in [0.29, 0.717) is 5.11 Å². The topological polar surface area (TPSA) is 15.3 Å². The van der Waals surface area contributed by atoms with Crippen LogP contribution in [0.3, 0.4) is 0 Å². The van der Waals surface area contributed by atoms with E-state index >= 15 is 0 Å². The molecule has 0 heterocycles. The molecule has 2 rings (SSSR count). The summed E-state index contributed by atoms with van der Waals surface area (Å²) in [5.41, 5.74) is 3.18. The van der Waals surface area contributed by atoms with Gasteiger partial charge < -0.3 is 10.2 Å². The normalized spacial score (nSPS) is 10.4. The van der Waals surface area contributed by atoms with Crippen molar-refractivity contribution in [2.45, 2.75) is 18.4 Å². The summed E-state index contributed by atoms with van der Waals surface area (Å²) in [6.07, 6.45) is 2.08. The molecule has 0 aliphatic carbocycles. The molecular formula is C17H19ClN2S2. The highest BCUT2D eigenvalue weighted by Gasteiger charge is 2.08. The van der Waals surface area contributed by atoms with Crippen LogP contribution in [0.5, 0.6) is 0 Å². The third kappa shape index (κ3) is 4.38. The maximum atomic E-state index is 6.14. The minimum atomic E-state index is 0.680. The molecule has 2 aromatic rings. The van der Waals surface area contributed by atoms with Gasteiger partial charge in [-0.05, 0) is 60.8 Å². The van der Waals surface area contributed by atoms with Crippen molar-refractivity contribution in [3.05, 3.63) is 58.6 Å². The Morgan fingerprint density at radius 2 is 1.91 bits per heavy atom. The third-order valence-electron chi connectivity index (χ3n) is 3.43. The fourth-order valence-electron chi connectivity index (χ4n) is 2.03. The zero-order valence-electron chi connectivity index (χ0n) is 12.9. The number of benzene rings is 2. The fourth-order valence-corrected chi connectivity index (χ4v) is 2.79. The van der Waals surface area contributed by atoms with E-state index in [9.17, 15) is 0 Å². The average molecular weight is 351 g/mol. The zero-order chi connectivity index (χ0) is 16.1. The average Bonchev–Trinajstić information content (AvgIpc) is 2.52. The highest BCUT2D eigenvalue weighted by molar-refractivity contribution is 7.98. The Hall–Kier alpha value is -1.23. The van der Waals surface area contributed by atoms with Crippen LogP contribution >= 0.6 is 35.6 Å². The molecule has 0 bridgehead atoms.